The maximum Gasteiger partial charge on any atom is 0.115 e. The van der Waals surface area contributed by atoms with Crippen molar-refractivity contribution in [1.82, 2.24) is 0 Å². The van der Waals surface area contributed by atoms with Crippen LogP contribution in [0.15, 0.2) is 18.2 Å². The Balaban J connectivity index is 3.11. The Morgan fingerprint density at radius 3 is 2.08 bits per heavy atom. The summed E-state index contributed by atoms with van der Waals surface area (Å²) in [6.45, 7) is 0. The molecule has 0 atom stereocenters. The van der Waals surface area contributed by atoms with Gasteiger partial charge in [0.2, 0.25) is 0 Å². The van der Waals surface area contributed by atoms with Crippen molar-refractivity contribution in [2.45, 2.75) is 0 Å². The quantitative estimate of drug-likeness (QED) is 0.549. The Morgan fingerprint density at radius 1 is 1.00 bits per heavy atom. The molecule has 0 fully saturated rings. The molecule has 4 N–H and O–H groups in total. The van der Waals surface area contributed by atoms with Crippen molar-refractivity contribution in [1.29, 1.82) is 0 Å². The third-order valence-corrected chi connectivity index (χ3v) is 1.70. The van der Waals surface area contributed by atoms with E-state index in [1.807, 2.05) is 0 Å². The summed E-state index contributed by atoms with van der Waals surface area (Å²) in [5.74, 6) is 0. The third-order valence-electron chi connectivity index (χ3n) is 1.38. The molecule has 1 aromatic carbocycles. The molecule has 0 bridgehead atoms. The van der Waals surface area contributed by atoms with Gasteiger partial charge >= 0.3 is 0 Å². The fraction of sp³-hybridized carbons (Fsp3) is 0. The number of benzene rings is 1. The maximum atomic E-state index is 8.63. The van der Waals surface area contributed by atoms with Crippen LogP contribution in [0.4, 0.5) is 11.4 Å². The average molecular weight is 207 g/mol. The Bertz CT molecular complexity index is 305. The molecule has 1 rings (SSSR count). The minimum absolute atomic E-state index is 0.0486. The summed E-state index contributed by atoms with van der Waals surface area (Å²) in [6.07, 6.45) is 0. The molecule has 0 spiro atoms. The van der Waals surface area contributed by atoms with Gasteiger partial charge in [-0.05, 0) is 18.2 Å². The molecule has 0 aliphatic carbocycles. The van der Waals surface area contributed by atoms with E-state index in [1.165, 1.54) is 12.1 Å². The largest absolute Gasteiger partial charge is 0.264 e. The zero-order chi connectivity index (χ0) is 10.0. The number of anilines is 2. The molecule has 0 heterocycles. The van der Waals surface area contributed by atoms with Crippen molar-refractivity contribution in [3.05, 3.63) is 23.2 Å². The molecule has 0 amide bonds. The normalized spacial score (nSPS) is 9.92. The summed E-state index contributed by atoms with van der Waals surface area (Å²) < 4.78 is 0. The highest BCUT2D eigenvalue weighted by Gasteiger charge is 2.08. The Kier molecular flexibility index (Phi) is 2.91. The first kappa shape index (κ1) is 10.0. The lowest BCUT2D eigenvalue weighted by Gasteiger charge is -2.13. The van der Waals surface area contributed by atoms with Gasteiger partial charge in [-0.15, -0.1) is 10.5 Å². The van der Waals surface area contributed by atoms with E-state index in [-0.39, 0.29) is 26.9 Å². The maximum absolute atomic E-state index is 8.63. The Labute approximate surface area is 78.2 Å². The molecule has 0 aromatic heterocycles. The molecule has 13 heavy (non-hydrogen) atoms. The summed E-state index contributed by atoms with van der Waals surface area (Å²) in [6, 6.07) is 3.64. The molecule has 0 aliphatic heterocycles. The van der Waals surface area contributed by atoms with E-state index in [1.54, 1.807) is 0 Å². The highest BCUT2D eigenvalue weighted by atomic mass is 35.5. The lowest BCUT2D eigenvalue weighted by Crippen LogP contribution is -2.14. The lowest BCUT2D eigenvalue weighted by molar-refractivity contribution is 0.0260. The van der Waals surface area contributed by atoms with Gasteiger partial charge in [0.25, 0.3) is 0 Å². The second-order valence-electron chi connectivity index (χ2n) is 2.21. The average Bonchev–Trinajstić information content (AvgIpc) is 2.04. The van der Waals surface area contributed by atoms with Crippen molar-refractivity contribution in [2.24, 2.45) is 0 Å². The van der Waals surface area contributed by atoms with Crippen molar-refractivity contribution >= 4 is 23.0 Å². The summed E-state index contributed by atoms with van der Waals surface area (Å²) in [4.78, 5) is 0. The smallest absolute Gasteiger partial charge is 0.115 e. The predicted octanol–water partition coefficient (Wildman–Crippen LogP) is 1.51. The molecular formula is C6H7ClN2O4. The third kappa shape index (κ3) is 2.20. The van der Waals surface area contributed by atoms with E-state index < -0.39 is 0 Å². The van der Waals surface area contributed by atoms with Crippen LogP contribution in [-0.4, -0.2) is 20.8 Å². The van der Waals surface area contributed by atoms with Gasteiger partial charge < -0.3 is 0 Å². The van der Waals surface area contributed by atoms with Crippen LogP contribution in [0.1, 0.15) is 0 Å². The Hall–Kier alpha value is -1.05. The van der Waals surface area contributed by atoms with Gasteiger partial charge in [-0.3, -0.25) is 20.8 Å². The van der Waals surface area contributed by atoms with Gasteiger partial charge in [-0.25, -0.2) is 0 Å². The zero-order valence-electron chi connectivity index (χ0n) is 6.29. The van der Waals surface area contributed by atoms with E-state index >= 15 is 0 Å². The van der Waals surface area contributed by atoms with Gasteiger partial charge in [0.15, 0.2) is 0 Å². The first-order valence-corrected chi connectivity index (χ1v) is 3.55. The van der Waals surface area contributed by atoms with Crippen molar-refractivity contribution in [2.75, 3.05) is 10.5 Å². The first-order valence-electron chi connectivity index (χ1n) is 3.17. The fourth-order valence-electron chi connectivity index (χ4n) is 0.779. The van der Waals surface area contributed by atoms with E-state index in [9.17, 15) is 0 Å². The predicted molar refractivity (Wildman–Crippen MR) is 43.6 cm³/mol. The van der Waals surface area contributed by atoms with Crippen molar-refractivity contribution < 1.29 is 20.8 Å². The molecule has 6 nitrogen and oxygen atoms in total. The summed E-state index contributed by atoms with van der Waals surface area (Å²) in [5, 5.41) is 34.1. The molecule has 0 unspecified atom stereocenters. The summed E-state index contributed by atoms with van der Waals surface area (Å²) in [7, 11) is 0. The van der Waals surface area contributed by atoms with Crippen LogP contribution in [0.5, 0.6) is 0 Å². The number of hydrogen-bond donors (Lipinski definition) is 4. The van der Waals surface area contributed by atoms with Crippen LogP contribution in [0.25, 0.3) is 0 Å². The highest BCUT2D eigenvalue weighted by molar-refractivity contribution is 6.33. The molecule has 0 radical (unpaired) electrons. The highest BCUT2D eigenvalue weighted by Crippen LogP contribution is 2.28. The van der Waals surface area contributed by atoms with Crippen LogP contribution < -0.4 is 10.5 Å². The summed E-state index contributed by atoms with van der Waals surface area (Å²) >= 11 is 5.55. The standard InChI is InChI=1S/C6H7ClN2O4/c7-5-2-1-4(8(10)11)3-6(5)9(12)13/h1-3,10-13H. The molecule has 1 aromatic rings. The SMILES string of the molecule is ON(O)c1ccc(Cl)c(N(O)O)c1. The topological polar surface area (TPSA) is 87.4 Å². The molecular weight excluding hydrogens is 200 g/mol. The second kappa shape index (κ2) is 3.77. The number of hydrogen-bond acceptors (Lipinski definition) is 6. The molecule has 0 saturated carbocycles. The van der Waals surface area contributed by atoms with Crippen LogP contribution >= 0.6 is 11.6 Å². The fourth-order valence-corrected chi connectivity index (χ4v) is 0.972. The van der Waals surface area contributed by atoms with Crippen LogP contribution in [-0.2, 0) is 0 Å². The molecule has 0 aliphatic rings. The van der Waals surface area contributed by atoms with Crippen molar-refractivity contribution in [3.63, 3.8) is 0 Å². The van der Waals surface area contributed by atoms with Gasteiger partial charge in [0.1, 0.15) is 5.69 Å². The van der Waals surface area contributed by atoms with E-state index in [0.29, 0.717) is 0 Å². The monoisotopic (exact) mass is 206 g/mol. The summed E-state index contributed by atoms with van der Waals surface area (Å²) in [5.41, 5.74) is -0.209. The number of nitrogens with zero attached hydrogens (tertiary/aromatic N) is 2. The number of rotatable bonds is 2. The minimum atomic E-state index is -0.213. The van der Waals surface area contributed by atoms with Gasteiger partial charge in [0.05, 0.1) is 10.7 Å². The van der Waals surface area contributed by atoms with Crippen LogP contribution in [0.3, 0.4) is 0 Å². The van der Waals surface area contributed by atoms with Gasteiger partial charge in [-0.2, -0.15) is 0 Å². The van der Waals surface area contributed by atoms with E-state index in [2.05, 4.69) is 0 Å². The zero-order valence-corrected chi connectivity index (χ0v) is 7.05. The van der Waals surface area contributed by atoms with Gasteiger partial charge in [-0.1, -0.05) is 11.6 Å². The van der Waals surface area contributed by atoms with E-state index in [0.717, 1.165) is 6.07 Å². The first-order chi connectivity index (χ1) is 6.02. The Morgan fingerprint density at radius 2 is 1.62 bits per heavy atom. The molecule has 72 valence electrons. The van der Waals surface area contributed by atoms with E-state index in [4.69, 9.17) is 32.4 Å². The second-order valence-corrected chi connectivity index (χ2v) is 2.62. The minimum Gasteiger partial charge on any atom is -0.264 e. The number of halogens is 1. The van der Waals surface area contributed by atoms with Gasteiger partial charge in [0, 0.05) is 0 Å². The van der Waals surface area contributed by atoms with Crippen molar-refractivity contribution in [3.8, 4) is 0 Å². The molecule has 7 heteroatoms. The van der Waals surface area contributed by atoms with Crippen LogP contribution in [0.2, 0.25) is 5.02 Å². The van der Waals surface area contributed by atoms with Crippen LogP contribution in [0, 0.1) is 0 Å². The lowest BCUT2D eigenvalue weighted by atomic mass is 10.3. The molecule has 0 saturated heterocycles.